The molecule has 0 radical (unpaired) electrons. The van der Waals surface area contributed by atoms with Gasteiger partial charge in [-0.25, -0.2) is 0 Å². The maximum absolute atomic E-state index is 6.68. The highest BCUT2D eigenvalue weighted by molar-refractivity contribution is 4.93. The summed E-state index contributed by atoms with van der Waals surface area (Å²) in [7, 11) is 0. The fourth-order valence-electron chi connectivity index (χ4n) is 3.78. The summed E-state index contributed by atoms with van der Waals surface area (Å²) in [6.45, 7) is 3.51. The van der Waals surface area contributed by atoms with Crippen LogP contribution in [0.5, 0.6) is 0 Å². The molecule has 0 aromatic heterocycles. The lowest BCUT2D eigenvalue weighted by atomic mass is 9.79. The summed E-state index contributed by atoms with van der Waals surface area (Å²) >= 11 is 0. The van der Waals surface area contributed by atoms with Crippen LogP contribution >= 0.6 is 0 Å². The Morgan fingerprint density at radius 2 is 1.63 bits per heavy atom. The molecule has 0 spiro atoms. The Kier molecular flexibility index (Phi) is 4.48. The molecule has 3 saturated carbocycles. The van der Waals surface area contributed by atoms with Gasteiger partial charge in [-0.3, -0.25) is 0 Å². The van der Waals surface area contributed by atoms with Crippen molar-refractivity contribution in [2.45, 2.75) is 95.3 Å². The molecule has 3 rings (SSSR count). The summed E-state index contributed by atoms with van der Waals surface area (Å²) < 4.78 is 6.68. The van der Waals surface area contributed by atoms with E-state index in [2.05, 4.69) is 12.2 Å². The van der Waals surface area contributed by atoms with Crippen LogP contribution in [0.1, 0.15) is 77.6 Å². The lowest BCUT2D eigenvalue weighted by Crippen LogP contribution is -2.48. The van der Waals surface area contributed by atoms with Crippen molar-refractivity contribution in [3.05, 3.63) is 0 Å². The van der Waals surface area contributed by atoms with Gasteiger partial charge in [0.2, 0.25) is 0 Å². The molecule has 110 valence electrons. The molecule has 0 aliphatic heterocycles. The zero-order chi connectivity index (χ0) is 13.1. The van der Waals surface area contributed by atoms with E-state index in [1.54, 1.807) is 0 Å². The van der Waals surface area contributed by atoms with Gasteiger partial charge < -0.3 is 10.1 Å². The number of hydrogen-bond donors (Lipinski definition) is 1. The minimum absolute atomic E-state index is 0.178. The van der Waals surface area contributed by atoms with Crippen molar-refractivity contribution in [3.8, 4) is 0 Å². The third kappa shape index (κ3) is 3.95. The molecule has 0 bridgehead atoms. The molecule has 0 aromatic rings. The van der Waals surface area contributed by atoms with Crippen molar-refractivity contribution in [3.63, 3.8) is 0 Å². The second kappa shape index (κ2) is 6.13. The molecule has 0 unspecified atom stereocenters. The van der Waals surface area contributed by atoms with Gasteiger partial charge in [-0.1, -0.05) is 26.2 Å². The molecule has 0 amide bonds. The smallest absolute Gasteiger partial charge is 0.0810 e. The minimum atomic E-state index is 0.178. The normalized spacial score (nSPS) is 37.4. The van der Waals surface area contributed by atoms with Crippen LogP contribution in [0.3, 0.4) is 0 Å². The Bertz CT molecular complexity index is 273. The van der Waals surface area contributed by atoms with Gasteiger partial charge in [0.05, 0.1) is 11.7 Å². The summed E-state index contributed by atoms with van der Waals surface area (Å²) in [5.74, 6) is 0.906. The third-order valence-electron chi connectivity index (χ3n) is 5.44. The van der Waals surface area contributed by atoms with Gasteiger partial charge >= 0.3 is 0 Å². The Balaban J connectivity index is 1.57. The first kappa shape index (κ1) is 13.9. The molecule has 0 saturated heterocycles. The Morgan fingerprint density at radius 3 is 2.26 bits per heavy atom. The Hall–Kier alpha value is -0.0800. The average molecular weight is 265 g/mol. The van der Waals surface area contributed by atoms with Crippen molar-refractivity contribution in [1.82, 2.24) is 5.32 Å². The van der Waals surface area contributed by atoms with Crippen LogP contribution in [0, 0.1) is 5.92 Å². The van der Waals surface area contributed by atoms with Crippen LogP contribution in [0.25, 0.3) is 0 Å². The minimum Gasteiger partial charge on any atom is -0.370 e. The van der Waals surface area contributed by atoms with E-state index in [9.17, 15) is 0 Å². The van der Waals surface area contributed by atoms with Crippen LogP contribution in [0.2, 0.25) is 0 Å². The van der Waals surface area contributed by atoms with E-state index >= 15 is 0 Å². The zero-order valence-electron chi connectivity index (χ0n) is 12.6. The third-order valence-corrected chi connectivity index (χ3v) is 5.44. The molecule has 2 nitrogen and oxygen atoms in total. The molecule has 0 aromatic carbocycles. The maximum Gasteiger partial charge on any atom is 0.0810 e. The molecular formula is C17H31NO. The number of ether oxygens (including phenoxy) is 1. The first-order chi connectivity index (χ1) is 9.26. The Labute approximate surface area is 118 Å². The van der Waals surface area contributed by atoms with E-state index in [1.807, 2.05) is 0 Å². The highest BCUT2D eigenvalue weighted by Crippen LogP contribution is 2.38. The van der Waals surface area contributed by atoms with Crippen LogP contribution in [-0.2, 0) is 4.74 Å². The topological polar surface area (TPSA) is 21.3 Å². The van der Waals surface area contributed by atoms with Gasteiger partial charge in [-0.05, 0) is 57.3 Å². The molecule has 3 aliphatic carbocycles. The number of nitrogens with one attached hydrogen (secondary N) is 1. The van der Waals surface area contributed by atoms with Crippen LogP contribution in [-0.4, -0.2) is 24.3 Å². The van der Waals surface area contributed by atoms with Crippen LogP contribution in [0.4, 0.5) is 0 Å². The van der Waals surface area contributed by atoms with Crippen molar-refractivity contribution in [1.29, 1.82) is 0 Å². The fourth-order valence-corrected chi connectivity index (χ4v) is 3.78. The van der Waals surface area contributed by atoms with Crippen molar-refractivity contribution < 1.29 is 4.74 Å². The highest BCUT2D eigenvalue weighted by atomic mass is 16.5. The van der Waals surface area contributed by atoms with E-state index in [1.165, 1.54) is 70.6 Å². The second-order valence-electron chi connectivity index (χ2n) is 7.40. The lowest BCUT2D eigenvalue weighted by Gasteiger charge is -2.43. The molecule has 0 heterocycles. The SMILES string of the molecule is CC1CCC(CNC2CC2)(OC2CCCCC2)CC1. The Morgan fingerprint density at radius 1 is 0.947 bits per heavy atom. The summed E-state index contributed by atoms with van der Waals surface area (Å²) in [5.41, 5.74) is 0.178. The average Bonchev–Trinajstić information content (AvgIpc) is 3.25. The van der Waals surface area contributed by atoms with E-state index in [0.29, 0.717) is 6.10 Å². The summed E-state index contributed by atoms with van der Waals surface area (Å²) in [6, 6.07) is 0.811. The monoisotopic (exact) mass is 265 g/mol. The largest absolute Gasteiger partial charge is 0.370 e. The molecule has 19 heavy (non-hydrogen) atoms. The van der Waals surface area contributed by atoms with Gasteiger partial charge in [-0.2, -0.15) is 0 Å². The van der Waals surface area contributed by atoms with Gasteiger partial charge in [-0.15, -0.1) is 0 Å². The number of hydrogen-bond acceptors (Lipinski definition) is 2. The molecule has 3 aliphatic rings. The van der Waals surface area contributed by atoms with Crippen molar-refractivity contribution >= 4 is 0 Å². The first-order valence-electron chi connectivity index (χ1n) is 8.67. The van der Waals surface area contributed by atoms with E-state index < -0.39 is 0 Å². The number of rotatable bonds is 5. The van der Waals surface area contributed by atoms with Gasteiger partial charge in [0.1, 0.15) is 0 Å². The van der Waals surface area contributed by atoms with Gasteiger partial charge in [0.15, 0.2) is 0 Å². The van der Waals surface area contributed by atoms with Crippen LogP contribution in [0.15, 0.2) is 0 Å². The van der Waals surface area contributed by atoms with Crippen molar-refractivity contribution in [2.75, 3.05) is 6.54 Å². The van der Waals surface area contributed by atoms with Crippen LogP contribution < -0.4 is 5.32 Å². The first-order valence-corrected chi connectivity index (χ1v) is 8.67. The van der Waals surface area contributed by atoms with Crippen molar-refractivity contribution in [2.24, 2.45) is 5.92 Å². The lowest BCUT2D eigenvalue weighted by molar-refractivity contribution is -0.126. The molecule has 1 N–H and O–H groups in total. The molecular weight excluding hydrogens is 234 g/mol. The van der Waals surface area contributed by atoms with E-state index in [0.717, 1.165) is 18.5 Å². The van der Waals surface area contributed by atoms with E-state index in [-0.39, 0.29) is 5.60 Å². The molecule has 3 fully saturated rings. The fraction of sp³-hybridized carbons (Fsp3) is 1.00. The summed E-state index contributed by atoms with van der Waals surface area (Å²) in [5, 5.41) is 3.75. The summed E-state index contributed by atoms with van der Waals surface area (Å²) in [4.78, 5) is 0. The van der Waals surface area contributed by atoms with E-state index in [4.69, 9.17) is 4.74 Å². The zero-order valence-corrected chi connectivity index (χ0v) is 12.6. The second-order valence-corrected chi connectivity index (χ2v) is 7.40. The maximum atomic E-state index is 6.68. The highest BCUT2D eigenvalue weighted by Gasteiger charge is 2.38. The molecule has 0 atom stereocenters. The summed E-state index contributed by atoms with van der Waals surface area (Å²) in [6.07, 6.45) is 15.4. The standard InChI is InChI=1S/C17H31NO/c1-14-9-11-17(12-10-14,13-18-15-7-8-15)19-16-5-3-2-4-6-16/h14-16,18H,2-13H2,1H3. The van der Waals surface area contributed by atoms with Gasteiger partial charge in [0.25, 0.3) is 0 Å². The quantitative estimate of drug-likeness (QED) is 0.810. The predicted molar refractivity (Wildman–Crippen MR) is 79.3 cm³/mol. The molecule has 2 heteroatoms. The predicted octanol–water partition coefficient (Wildman–Crippen LogP) is 4.04. The van der Waals surface area contributed by atoms with Gasteiger partial charge in [0, 0.05) is 12.6 Å².